The van der Waals surface area contributed by atoms with Crippen LogP contribution in [0.15, 0.2) is 38.6 Å². The number of benzene rings is 1. The standard InChI is InChI=1S/C13H13Br2NS/c1-8-3-10(14)5-12(4-8)16-9(2)13-6-11(15)7-17-13/h3-7,9,16H,1-2H3. The zero-order chi connectivity index (χ0) is 12.4. The maximum absolute atomic E-state index is 3.52. The normalized spacial score (nSPS) is 12.5. The minimum Gasteiger partial charge on any atom is -0.378 e. The van der Waals surface area contributed by atoms with Crippen LogP contribution in [0.25, 0.3) is 0 Å². The fourth-order valence-corrected chi connectivity index (χ4v) is 3.76. The third-order valence-electron chi connectivity index (χ3n) is 2.44. The average molecular weight is 375 g/mol. The Morgan fingerprint density at radius 3 is 2.47 bits per heavy atom. The van der Waals surface area contributed by atoms with Crippen LogP contribution in [-0.2, 0) is 0 Å². The van der Waals surface area contributed by atoms with Crippen LogP contribution in [0, 0.1) is 6.92 Å². The van der Waals surface area contributed by atoms with Crippen molar-refractivity contribution < 1.29 is 0 Å². The van der Waals surface area contributed by atoms with E-state index in [0.29, 0.717) is 6.04 Å². The van der Waals surface area contributed by atoms with Crippen molar-refractivity contribution in [1.29, 1.82) is 0 Å². The number of thiophene rings is 1. The summed E-state index contributed by atoms with van der Waals surface area (Å²) in [5, 5.41) is 5.62. The van der Waals surface area contributed by atoms with Gasteiger partial charge in [-0.3, -0.25) is 0 Å². The Morgan fingerprint density at radius 1 is 1.12 bits per heavy atom. The molecule has 0 saturated heterocycles. The van der Waals surface area contributed by atoms with Gasteiger partial charge in [-0.25, -0.2) is 0 Å². The molecule has 1 unspecified atom stereocenters. The van der Waals surface area contributed by atoms with Crippen molar-refractivity contribution in [2.75, 3.05) is 5.32 Å². The van der Waals surface area contributed by atoms with Gasteiger partial charge in [-0.05, 0) is 59.6 Å². The molecule has 17 heavy (non-hydrogen) atoms. The highest BCUT2D eigenvalue weighted by Gasteiger charge is 2.08. The lowest BCUT2D eigenvalue weighted by molar-refractivity contribution is 0.907. The van der Waals surface area contributed by atoms with Crippen LogP contribution in [0.4, 0.5) is 5.69 Å². The zero-order valence-electron chi connectivity index (χ0n) is 9.63. The van der Waals surface area contributed by atoms with Gasteiger partial charge >= 0.3 is 0 Å². The first-order chi connectivity index (χ1) is 8.04. The summed E-state index contributed by atoms with van der Waals surface area (Å²) in [6, 6.07) is 8.85. The maximum Gasteiger partial charge on any atom is 0.0578 e. The monoisotopic (exact) mass is 373 g/mol. The number of nitrogens with one attached hydrogen (secondary N) is 1. The van der Waals surface area contributed by atoms with Crippen molar-refractivity contribution in [3.8, 4) is 0 Å². The molecule has 1 atom stereocenters. The lowest BCUT2D eigenvalue weighted by Gasteiger charge is -2.14. The predicted octanol–water partition coefficient (Wildman–Crippen LogP) is 5.75. The van der Waals surface area contributed by atoms with Gasteiger partial charge < -0.3 is 5.32 Å². The lowest BCUT2D eigenvalue weighted by atomic mass is 10.2. The van der Waals surface area contributed by atoms with Gasteiger partial charge in [0.2, 0.25) is 0 Å². The molecule has 1 aromatic heterocycles. The van der Waals surface area contributed by atoms with Crippen LogP contribution in [-0.4, -0.2) is 0 Å². The first kappa shape index (κ1) is 13.1. The molecule has 0 fully saturated rings. The van der Waals surface area contributed by atoms with Crippen molar-refractivity contribution in [3.63, 3.8) is 0 Å². The number of aryl methyl sites for hydroxylation is 1. The SMILES string of the molecule is Cc1cc(Br)cc(NC(C)c2cc(Br)cs2)c1. The Hall–Kier alpha value is -0.320. The van der Waals surface area contributed by atoms with Crippen LogP contribution >= 0.6 is 43.2 Å². The van der Waals surface area contributed by atoms with E-state index in [1.807, 2.05) is 0 Å². The topological polar surface area (TPSA) is 12.0 Å². The molecule has 1 N–H and O–H groups in total. The highest BCUT2D eigenvalue weighted by molar-refractivity contribution is 9.10. The highest BCUT2D eigenvalue weighted by atomic mass is 79.9. The molecule has 0 spiro atoms. The minimum atomic E-state index is 0.319. The molecule has 0 aliphatic rings. The molecule has 90 valence electrons. The van der Waals surface area contributed by atoms with Gasteiger partial charge in [0.05, 0.1) is 6.04 Å². The maximum atomic E-state index is 3.52. The van der Waals surface area contributed by atoms with E-state index >= 15 is 0 Å². The quantitative estimate of drug-likeness (QED) is 0.720. The summed E-state index contributed by atoms with van der Waals surface area (Å²) < 4.78 is 2.26. The third kappa shape index (κ3) is 3.57. The van der Waals surface area contributed by atoms with E-state index in [1.165, 1.54) is 10.4 Å². The molecule has 4 heteroatoms. The van der Waals surface area contributed by atoms with Gasteiger partial charge in [-0.2, -0.15) is 0 Å². The lowest BCUT2D eigenvalue weighted by Crippen LogP contribution is -2.04. The molecule has 1 nitrogen and oxygen atoms in total. The molecule has 0 bridgehead atoms. The molecular formula is C13H13Br2NS. The summed E-state index contributed by atoms with van der Waals surface area (Å²) in [6.07, 6.45) is 0. The summed E-state index contributed by atoms with van der Waals surface area (Å²) in [4.78, 5) is 1.33. The molecular weight excluding hydrogens is 362 g/mol. The first-order valence-corrected chi connectivity index (χ1v) is 7.79. The van der Waals surface area contributed by atoms with E-state index in [2.05, 4.69) is 80.7 Å². The van der Waals surface area contributed by atoms with E-state index in [9.17, 15) is 0 Å². The Labute approximate surface area is 123 Å². The first-order valence-electron chi connectivity index (χ1n) is 5.32. The number of hydrogen-bond donors (Lipinski definition) is 1. The van der Waals surface area contributed by atoms with Crippen LogP contribution in [0.5, 0.6) is 0 Å². The molecule has 2 rings (SSSR count). The fraction of sp³-hybridized carbons (Fsp3) is 0.231. The van der Waals surface area contributed by atoms with Crippen molar-refractivity contribution in [2.45, 2.75) is 19.9 Å². The summed E-state index contributed by atoms with van der Waals surface area (Å²) in [5.41, 5.74) is 2.40. The molecule has 0 saturated carbocycles. The number of anilines is 1. The second kappa shape index (κ2) is 5.55. The van der Waals surface area contributed by atoms with Crippen LogP contribution in [0.1, 0.15) is 23.4 Å². The third-order valence-corrected chi connectivity index (χ3v) is 4.77. The van der Waals surface area contributed by atoms with E-state index in [-0.39, 0.29) is 0 Å². The number of hydrogen-bond acceptors (Lipinski definition) is 2. The van der Waals surface area contributed by atoms with Gasteiger partial charge in [0.1, 0.15) is 0 Å². The predicted molar refractivity (Wildman–Crippen MR) is 82.9 cm³/mol. The largest absolute Gasteiger partial charge is 0.378 e. The second-order valence-corrected chi connectivity index (χ2v) is 6.82. The average Bonchev–Trinajstić information content (AvgIpc) is 2.63. The van der Waals surface area contributed by atoms with Gasteiger partial charge in [-0.1, -0.05) is 15.9 Å². The summed E-state index contributed by atoms with van der Waals surface area (Å²) in [6.45, 7) is 4.27. The molecule has 0 aliphatic carbocycles. The molecule has 0 radical (unpaired) electrons. The fourth-order valence-electron chi connectivity index (χ4n) is 1.70. The van der Waals surface area contributed by atoms with E-state index in [0.717, 1.165) is 14.6 Å². The van der Waals surface area contributed by atoms with Gasteiger partial charge in [0.25, 0.3) is 0 Å². The minimum absolute atomic E-state index is 0.319. The Kier molecular flexibility index (Phi) is 4.28. The van der Waals surface area contributed by atoms with Crippen molar-refractivity contribution in [3.05, 3.63) is 49.0 Å². The Morgan fingerprint density at radius 2 is 1.88 bits per heavy atom. The van der Waals surface area contributed by atoms with Crippen LogP contribution < -0.4 is 5.32 Å². The van der Waals surface area contributed by atoms with E-state index < -0.39 is 0 Å². The molecule has 0 aliphatic heterocycles. The van der Waals surface area contributed by atoms with E-state index in [4.69, 9.17) is 0 Å². The highest BCUT2D eigenvalue weighted by Crippen LogP contribution is 2.29. The number of halogens is 2. The Balaban J connectivity index is 2.15. The second-order valence-electron chi connectivity index (χ2n) is 4.05. The molecule has 2 aromatic rings. The summed E-state index contributed by atoms with van der Waals surface area (Å²) >= 11 is 8.77. The van der Waals surface area contributed by atoms with Crippen molar-refractivity contribution in [1.82, 2.24) is 0 Å². The van der Waals surface area contributed by atoms with Gasteiger partial charge in [0, 0.05) is 24.9 Å². The molecule has 0 amide bonds. The van der Waals surface area contributed by atoms with Gasteiger partial charge in [0.15, 0.2) is 0 Å². The summed E-state index contributed by atoms with van der Waals surface area (Å²) in [5.74, 6) is 0. The molecule has 1 aromatic carbocycles. The van der Waals surface area contributed by atoms with Gasteiger partial charge in [-0.15, -0.1) is 11.3 Å². The van der Waals surface area contributed by atoms with Crippen molar-refractivity contribution in [2.24, 2.45) is 0 Å². The van der Waals surface area contributed by atoms with Crippen molar-refractivity contribution >= 4 is 48.9 Å². The Bertz CT molecular complexity index is 502. The van der Waals surface area contributed by atoms with Crippen LogP contribution in [0.3, 0.4) is 0 Å². The zero-order valence-corrected chi connectivity index (χ0v) is 13.6. The summed E-state index contributed by atoms with van der Waals surface area (Å²) in [7, 11) is 0. The number of rotatable bonds is 3. The van der Waals surface area contributed by atoms with E-state index in [1.54, 1.807) is 11.3 Å². The van der Waals surface area contributed by atoms with Crippen LogP contribution in [0.2, 0.25) is 0 Å². The smallest absolute Gasteiger partial charge is 0.0578 e. The molecule has 1 heterocycles.